The molecule has 1 aliphatic rings. The van der Waals surface area contributed by atoms with Crippen molar-refractivity contribution in [3.8, 4) is 5.75 Å². The van der Waals surface area contributed by atoms with Crippen molar-refractivity contribution in [3.63, 3.8) is 0 Å². The fraction of sp³-hybridized carbons (Fsp3) is 0.333. The van der Waals surface area contributed by atoms with Crippen molar-refractivity contribution in [1.29, 1.82) is 0 Å². The highest BCUT2D eigenvalue weighted by atomic mass is 16.3. The van der Waals surface area contributed by atoms with Gasteiger partial charge in [0.1, 0.15) is 5.75 Å². The number of hydrogen-bond donors (Lipinski definition) is 2. The molecule has 1 atom stereocenters. The van der Waals surface area contributed by atoms with E-state index in [0.29, 0.717) is 11.8 Å². The molecule has 3 rings (SSSR count). The number of anilines is 1. The number of benzene rings is 2. The summed E-state index contributed by atoms with van der Waals surface area (Å²) in [7, 11) is 0. The maximum atomic E-state index is 9.64. The van der Waals surface area contributed by atoms with E-state index in [4.69, 9.17) is 0 Å². The SMILES string of the molecule is Cc1cc(NC2c3ccccc3CC2(C)C)ccc1O. The molecule has 2 heteroatoms. The molecule has 0 amide bonds. The Hall–Kier alpha value is -1.96. The Bertz CT molecular complexity index is 646. The summed E-state index contributed by atoms with van der Waals surface area (Å²) in [5.41, 5.74) is 4.98. The lowest BCUT2D eigenvalue weighted by Crippen LogP contribution is -2.24. The number of phenols is 1. The number of hydrogen-bond acceptors (Lipinski definition) is 2. The minimum atomic E-state index is 0.190. The monoisotopic (exact) mass is 267 g/mol. The molecule has 2 aromatic rings. The van der Waals surface area contributed by atoms with Crippen LogP contribution in [0.5, 0.6) is 5.75 Å². The molecule has 2 N–H and O–H groups in total. The number of nitrogens with one attached hydrogen (secondary N) is 1. The zero-order valence-electron chi connectivity index (χ0n) is 12.3. The van der Waals surface area contributed by atoms with Crippen LogP contribution in [0.15, 0.2) is 42.5 Å². The zero-order chi connectivity index (χ0) is 14.3. The van der Waals surface area contributed by atoms with E-state index in [2.05, 4.69) is 43.4 Å². The first-order chi connectivity index (χ1) is 9.47. The molecular formula is C18H21NO. The average Bonchev–Trinajstić information content (AvgIpc) is 2.65. The summed E-state index contributed by atoms with van der Waals surface area (Å²) >= 11 is 0. The van der Waals surface area contributed by atoms with E-state index < -0.39 is 0 Å². The van der Waals surface area contributed by atoms with E-state index in [1.165, 1.54) is 11.1 Å². The molecule has 0 radical (unpaired) electrons. The fourth-order valence-corrected chi connectivity index (χ4v) is 3.18. The van der Waals surface area contributed by atoms with Crippen molar-refractivity contribution in [3.05, 3.63) is 59.2 Å². The van der Waals surface area contributed by atoms with Crippen molar-refractivity contribution in [2.75, 3.05) is 5.32 Å². The maximum absolute atomic E-state index is 9.64. The van der Waals surface area contributed by atoms with E-state index in [9.17, 15) is 5.11 Å². The van der Waals surface area contributed by atoms with Crippen LogP contribution in [0.25, 0.3) is 0 Å². The van der Waals surface area contributed by atoms with E-state index >= 15 is 0 Å². The van der Waals surface area contributed by atoms with E-state index in [0.717, 1.165) is 17.7 Å². The molecule has 1 aliphatic carbocycles. The lowest BCUT2D eigenvalue weighted by atomic mass is 9.85. The molecule has 0 heterocycles. The Labute approximate surface area is 120 Å². The van der Waals surface area contributed by atoms with Gasteiger partial charge in [0, 0.05) is 5.69 Å². The highest BCUT2D eigenvalue weighted by Gasteiger charge is 2.38. The number of rotatable bonds is 2. The topological polar surface area (TPSA) is 32.3 Å². The van der Waals surface area contributed by atoms with Gasteiger partial charge in [-0.1, -0.05) is 38.1 Å². The van der Waals surface area contributed by atoms with Crippen LogP contribution in [-0.4, -0.2) is 5.11 Å². The Balaban J connectivity index is 1.94. The van der Waals surface area contributed by atoms with Gasteiger partial charge >= 0.3 is 0 Å². The Morgan fingerprint density at radius 3 is 2.65 bits per heavy atom. The smallest absolute Gasteiger partial charge is 0.118 e. The third kappa shape index (κ3) is 2.15. The highest BCUT2D eigenvalue weighted by Crippen LogP contribution is 2.46. The van der Waals surface area contributed by atoms with Crippen molar-refractivity contribution in [2.24, 2.45) is 5.41 Å². The van der Waals surface area contributed by atoms with Crippen molar-refractivity contribution in [2.45, 2.75) is 33.2 Å². The lowest BCUT2D eigenvalue weighted by Gasteiger charge is -2.29. The number of fused-ring (bicyclic) bond motifs is 1. The first kappa shape index (κ1) is 13.0. The molecule has 2 aromatic carbocycles. The van der Waals surface area contributed by atoms with Gasteiger partial charge in [-0.05, 0) is 53.6 Å². The number of phenolic OH excluding ortho intramolecular Hbond substituents is 1. The Kier molecular flexibility index (Phi) is 2.97. The van der Waals surface area contributed by atoms with Gasteiger partial charge in [0.2, 0.25) is 0 Å². The molecule has 0 fully saturated rings. The van der Waals surface area contributed by atoms with E-state index in [1.54, 1.807) is 6.07 Å². The molecule has 2 nitrogen and oxygen atoms in total. The summed E-state index contributed by atoms with van der Waals surface area (Å²) in [6.07, 6.45) is 1.10. The zero-order valence-corrected chi connectivity index (χ0v) is 12.3. The van der Waals surface area contributed by atoms with Gasteiger partial charge in [0.25, 0.3) is 0 Å². The molecule has 0 aliphatic heterocycles. The van der Waals surface area contributed by atoms with Gasteiger partial charge in [-0.3, -0.25) is 0 Å². The predicted molar refractivity (Wildman–Crippen MR) is 83.1 cm³/mol. The van der Waals surface area contributed by atoms with Crippen LogP contribution >= 0.6 is 0 Å². The van der Waals surface area contributed by atoms with Crippen LogP contribution in [0.2, 0.25) is 0 Å². The fourth-order valence-electron chi connectivity index (χ4n) is 3.18. The van der Waals surface area contributed by atoms with Crippen LogP contribution in [0.3, 0.4) is 0 Å². The first-order valence-electron chi connectivity index (χ1n) is 7.11. The Morgan fingerprint density at radius 2 is 1.90 bits per heavy atom. The molecule has 0 saturated carbocycles. The molecule has 0 spiro atoms. The second-order valence-electron chi connectivity index (χ2n) is 6.44. The Morgan fingerprint density at radius 1 is 1.15 bits per heavy atom. The second-order valence-corrected chi connectivity index (χ2v) is 6.44. The summed E-state index contributed by atoms with van der Waals surface area (Å²) in [5.74, 6) is 0.349. The average molecular weight is 267 g/mol. The van der Waals surface area contributed by atoms with Gasteiger partial charge in [0.15, 0.2) is 0 Å². The molecule has 0 saturated heterocycles. The molecular weight excluding hydrogens is 246 g/mol. The third-order valence-electron chi connectivity index (χ3n) is 4.30. The van der Waals surface area contributed by atoms with Crippen LogP contribution in [-0.2, 0) is 6.42 Å². The quantitative estimate of drug-likeness (QED) is 0.789. The van der Waals surface area contributed by atoms with Gasteiger partial charge in [-0.25, -0.2) is 0 Å². The first-order valence-corrected chi connectivity index (χ1v) is 7.11. The lowest BCUT2D eigenvalue weighted by molar-refractivity contribution is 0.337. The maximum Gasteiger partial charge on any atom is 0.118 e. The van der Waals surface area contributed by atoms with Crippen molar-refractivity contribution in [1.82, 2.24) is 0 Å². The predicted octanol–water partition coefficient (Wildman–Crippen LogP) is 4.44. The highest BCUT2D eigenvalue weighted by molar-refractivity contribution is 5.54. The van der Waals surface area contributed by atoms with Crippen LogP contribution in [0.1, 0.15) is 36.6 Å². The van der Waals surface area contributed by atoms with Crippen LogP contribution < -0.4 is 5.32 Å². The largest absolute Gasteiger partial charge is 0.508 e. The molecule has 0 aromatic heterocycles. The van der Waals surface area contributed by atoms with E-state index in [1.807, 2.05) is 19.1 Å². The molecule has 1 unspecified atom stereocenters. The van der Waals surface area contributed by atoms with Crippen molar-refractivity contribution >= 4 is 5.69 Å². The number of aromatic hydroxyl groups is 1. The van der Waals surface area contributed by atoms with Gasteiger partial charge in [-0.2, -0.15) is 0 Å². The summed E-state index contributed by atoms with van der Waals surface area (Å²) < 4.78 is 0. The normalized spacial score (nSPS) is 19.6. The summed E-state index contributed by atoms with van der Waals surface area (Å²) in [5, 5.41) is 13.3. The molecule has 20 heavy (non-hydrogen) atoms. The van der Waals surface area contributed by atoms with Gasteiger partial charge in [-0.15, -0.1) is 0 Å². The van der Waals surface area contributed by atoms with Crippen LogP contribution in [0.4, 0.5) is 5.69 Å². The van der Waals surface area contributed by atoms with Gasteiger partial charge in [0.05, 0.1) is 6.04 Å². The van der Waals surface area contributed by atoms with E-state index in [-0.39, 0.29) is 5.41 Å². The summed E-state index contributed by atoms with van der Waals surface area (Å²) in [4.78, 5) is 0. The summed E-state index contributed by atoms with van der Waals surface area (Å²) in [6, 6.07) is 14.7. The van der Waals surface area contributed by atoms with Crippen LogP contribution in [0, 0.1) is 12.3 Å². The minimum Gasteiger partial charge on any atom is -0.508 e. The third-order valence-corrected chi connectivity index (χ3v) is 4.30. The van der Waals surface area contributed by atoms with Crippen molar-refractivity contribution < 1.29 is 5.11 Å². The standard InChI is InChI=1S/C18H21NO/c1-12-10-14(8-9-16(12)20)19-17-15-7-5-4-6-13(15)11-18(17,2)3/h4-10,17,19-20H,11H2,1-3H3. The number of aryl methyl sites for hydroxylation is 1. The summed E-state index contributed by atoms with van der Waals surface area (Å²) in [6.45, 7) is 6.53. The van der Waals surface area contributed by atoms with Gasteiger partial charge < -0.3 is 10.4 Å². The second kappa shape index (κ2) is 4.55. The molecule has 0 bridgehead atoms. The molecule has 104 valence electrons. The minimum absolute atomic E-state index is 0.190.